The first-order chi connectivity index (χ1) is 9.59. The van der Waals surface area contributed by atoms with Gasteiger partial charge in [0, 0.05) is 6.54 Å². The highest BCUT2D eigenvalue weighted by molar-refractivity contribution is 7.89. The van der Waals surface area contributed by atoms with Gasteiger partial charge in [-0.2, -0.15) is 4.72 Å². The number of rotatable bonds is 6. The van der Waals surface area contributed by atoms with E-state index in [-0.39, 0.29) is 17.9 Å². The Kier molecular flexibility index (Phi) is 5.14. The van der Waals surface area contributed by atoms with E-state index >= 15 is 0 Å². The van der Waals surface area contributed by atoms with Gasteiger partial charge in [-0.1, -0.05) is 24.6 Å². The van der Waals surface area contributed by atoms with Gasteiger partial charge in [-0.25, -0.2) is 8.42 Å². The molecule has 1 aromatic carbocycles. The lowest BCUT2D eigenvalue weighted by molar-refractivity contribution is -0.143. The number of aryl methyl sites for hydroxylation is 3. The summed E-state index contributed by atoms with van der Waals surface area (Å²) in [5, 5.41) is 9.31. The Morgan fingerprint density at radius 2 is 1.76 bits per heavy atom. The summed E-state index contributed by atoms with van der Waals surface area (Å²) in [7, 11) is -3.98. The van der Waals surface area contributed by atoms with Crippen LogP contribution < -0.4 is 10.5 Å². The van der Waals surface area contributed by atoms with Crippen molar-refractivity contribution in [1.82, 2.24) is 4.72 Å². The smallest absolute Gasteiger partial charge is 0.326 e. The fourth-order valence-electron chi connectivity index (χ4n) is 2.44. The molecule has 0 spiro atoms. The van der Waals surface area contributed by atoms with Gasteiger partial charge in [0.1, 0.15) is 5.54 Å². The largest absolute Gasteiger partial charge is 0.480 e. The normalized spacial score (nSPS) is 14.7. The molecule has 0 amide bonds. The Hall–Kier alpha value is -1.44. The van der Waals surface area contributed by atoms with Crippen LogP contribution in [-0.2, 0) is 14.8 Å². The Balaban J connectivity index is 3.40. The summed E-state index contributed by atoms with van der Waals surface area (Å²) in [4.78, 5) is 11.5. The first-order valence-electron chi connectivity index (χ1n) is 6.65. The van der Waals surface area contributed by atoms with E-state index in [9.17, 15) is 18.3 Å². The summed E-state index contributed by atoms with van der Waals surface area (Å²) in [5.74, 6) is -1.28. The quantitative estimate of drug-likeness (QED) is 0.728. The Bertz CT molecular complexity index is 626. The highest BCUT2D eigenvalue weighted by Crippen LogP contribution is 2.24. The van der Waals surface area contributed by atoms with E-state index in [1.165, 1.54) is 0 Å². The number of hydrogen-bond acceptors (Lipinski definition) is 4. The molecule has 0 aliphatic heterocycles. The SMILES string of the molecule is CC[C@@](CN)(NS(=O)(=O)c1c(C)cc(C)cc1C)C(=O)O. The minimum absolute atomic E-state index is 0.0576. The lowest BCUT2D eigenvalue weighted by Gasteiger charge is -2.28. The molecule has 0 bridgehead atoms. The maximum Gasteiger partial charge on any atom is 0.326 e. The number of hydrogen-bond donors (Lipinski definition) is 3. The van der Waals surface area contributed by atoms with Gasteiger partial charge >= 0.3 is 5.97 Å². The van der Waals surface area contributed by atoms with Crippen molar-refractivity contribution in [3.63, 3.8) is 0 Å². The zero-order chi connectivity index (χ0) is 16.4. The average Bonchev–Trinajstić information content (AvgIpc) is 2.33. The number of benzene rings is 1. The first kappa shape index (κ1) is 17.6. The molecule has 6 nitrogen and oxygen atoms in total. The zero-order valence-corrected chi connectivity index (χ0v) is 13.5. The van der Waals surface area contributed by atoms with Crippen LogP contribution in [0.15, 0.2) is 17.0 Å². The molecule has 0 aromatic heterocycles. The summed E-state index contributed by atoms with van der Waals surface area (Å²) in [5.41, 5.74) is 5.90. The lowest BCUT2D eigenvalue weighted by atomic mass is 9.98. The molecule has 0 unspecified atom stereocenters. The topological polar surface area (TPSA) is 109 Å². The molecule has 0 radical (unpaired) electrons. The van der Waals surface area contributed by atoms with Crippen molar-refractivity contribution < 1.29 is 18.3 Å². The van der Waals surface area contributed by atoms with Crippen LogP contribution in [0.5, 0.6) is 0 Å². The van der Waals surface area contributed by atoms with Crippen molar-refractivity contribution >= 4 is 16.0 Å². The van der Waals surface area contributed by atoms with Gasteiger partial charge < -0.3 is 10.8 Å². The molecule has 1 atom stereocenters. The minimum atomic E-state index is -3.98. The number of carboxylic acids is 1. The Labute approximate surface area is 125 Å². The van der Waals surface area contributed by atoms with Crippen LogP contribution in [0.4, 0.5) is 0 Å². The van der Waals surface area contributed by atoms with Gasteiger partial charge in [0.15, 0.2) is 0 Å². The fourth-order valence-corrected chi connectivity index (χ4v) is 4.34. The number of aliphatic carboxylic acids is 1. The van der Waals surface area contributed by atoms with Crippen molar-refractivity contribution in [2.24, 2.45) is 5.73 Å². The van der Waals surface area contributed by atoms with Crippen LogP contribution in [0.1, 0.15) is 30.0 Å². The van der Waals surface area contributed by atoms with Crippen LogP contribution in [-0.4, -0.2) is 31.6 Å². The zero-order valence-electron chi connectivity index (χ0n) is 12.7. The maximum atomic E-state index is 12.6. The summed E-state index contributed by atoms with van der Waals surface area (Å²) in [6.07, 6.45) is 0.0576. The van der Waals surface area contributed by atoms with Gasteiger partial charge in [0.25, 0.3) is 0 Å². The lowest BCUT2D eigenvalue weighted by Crippen LogP contribution is -2.58. The molecule has 0 saturated carbocycles. The van der Waals surface area contributed by atoms with E-state index in [4.69, 9.17) is 5.73 Å². The average molecular weight is 314 g/mol. The molecular formula is C14H22N2O4S. The summed E-state index contributed by atoms with van der Waals surface area (Å²) in [6.45, 7) is 6.51. The molecule has 0 fully saturated rings. The van der Waals surface area contributed by atoms with Gasteiger partial charge in [-0.3, -0.25) is 4.79 Å². The molecule has 21 heavy (non-hydrogen) atoms. The van der Waals surface area contributed by atoms with Crippen molar-refractivity contribution in [2.45, 2.75) is 44.6 Å². The third-order valence-corrected chi connectivity index (χ3v) is 5.41. The molecule has 0 heterocycles. The molecule has 7 heteroatoms. The van der Waals surface area contributed by atoms with E-state index in [1.807, 2.05) is 6.92 Å². The standard InChI is InChI=1S/C14H22N2O4S/c1-5-14(8-15,13(17)18)16-21(19,20)12-10(3)6-9(2)7-11(12)4/h6-7,16H,5,8,15H2,1-4H3,(H,17,18)/t14-/m0/s1. The summed E-state index contributed by atoms with van der Waals surface area (Å²) >= 11 is 0. The number of sulfonamides is 1. The van der Waals surface area contributed by atoms with Crippen molar-refractivity contribution in [3.8, 4) is 0 Å². The Morgan fingerprint density at radius 1 is 1.29 bits per heavy atom. The maximum absolute atomic E-state index is 12.6. The van der Waals surface area contributed by atoms with Crippen LogP contribution in [0.3, 0.4) is 0 Å². The van der Waals surface area contributed by atoms with E-state index in [1.54, 1.807) is 32.9 Å². The second-order valence-electron chi connectivity index (χ2n) is 5.28. The second-order valence-corrected chi connectivity index (χ2v) is 6.90. The fraction of sp³-hybridized carbons (Fsp3) is 0.500. The predicted octanol–water partition coefficient (Wildman–Crippen LogP) is 1.08. The summed E-state index contributed by atoms with van der Waals surface area (Å²) in [6, 6.07) is 3.50. The van der Waals surface area contributed by atoms with Crippen molar-refractivity contribution in [2.75, 3.05) is 6.54 Å². The predicted molar refractivity (Wildman–Crippen MR) is 80.7 cm³/mol. The molecule has 118 valence electrons. The monoisotopic (exact) mass is 314 g/mol. The van der Waals surface area contributed by atoms with Crippen molar-refractivity contribution in [1.29, 1.82) is 0 Å². The molecule has 0 saturated heterocycles. The Morgan fingerprint density at radius 3 is 2.10 bits per heavy atom. The molecule has 0 aliphatic rings. The first-order valence-corrected chi connectivity index (χ1v) is 8.13. The van der Waals surface area contributed by atoms with Gasteiger partial charge in [0.05, 0.1) is 4.90 Å². The van der Waals surface area contributed by atoms with Crippen molar-refractivity contribution in [3.05, 3.63) is 28.8 Å². The van der Waals surface area contributed by atoms with Gasteiger partial charge in [0.2, 0.25) is 10.0 Å². The van der Waals surface area contributed by atoms with E-state index in [0.717, 1.165) is 5.56 Å². The minimum Gasteiger partial charge on any atom is -0.480 e. The number of nitrogens with one attached hydrogen (secondary N) is 1. The van der Waals surface area contributed by atoms with E-state index < -0.39 is 21.5 Å². The van der Waals surface area contributed by atoms with Crippen LogP contribution >= 0.6 is 0 Å². The van der Waals surface area contributed by atoms with E-state index in [0.29, 0.717) is 11.1 Å². The third-order valence-electron chi connectivity index (χ3n) is 3.56. The molecule has 1 rings (SSSR count). The number of nitrogens with two attached hydrogens (primary N) is 1. The van der Waals surface area contributed by atoms with Gasteiger partial charge in [-0.05, 0) is 38.3 Å². The molecule has 0 aliphatic carbocycles. The number of carboxylic acid groups (broad SMARTS) is 1. The van der Waals surface area contributed by atoms with E-state index in [2.05, 4.69) is 4.72 Å². The van der Waals surface area contributed by atoms with Crippen LogP contribution in [0, 0.1) is 20.8 Å². The van der Waals surface area contributed by atoms with Gasteiger partial charge in [-0.15, -0.1) is 0 Å². The molecular weight excluding hydrogens is 292 g/mol. The highest BCUT2D eigenvalue weighted by atomic mass is 32.2. The highest BCUT2D eigenvalue weighted by Gasteiger charge is 2.40. The van der Waals surface area contributed by atoms with Crippen LogP contribution in [0.25, 0.3) is 0 Å². The summed E-state index contributed by atoms with van der Waals surface area (Å²) < 4.78 is 27.5. The molecule has 1 aromatic rings. The number of carbonyl (C=O) groups is 1. The van der Waals surface area contributed by atoms with Crippen LogP contribution in [0.2, 0.25) is 0 Å². The second kappa shape index (κ2) is 6.13. The third kappa shape index (κ3) is 3.42. The molecule has 4 N–H and O–H groups in total.